The number of hydrogen-bond donors (Lipinski definition) is 2. The molecule has 0 radical (unpaired) electrons. The van der Waals surface area contributed by atoms with Gasteiger partial charge in [0.25, 0.3) is 0 Å². The summed E-state index contributed by atoms with van der Waals surface area (Å²) in [5.41, 5.74) is 0.715. The summed E-state index contributed by atoms with van der Waals surface area (Å²) in [7, 11) is 0. The first kappa shape index (κ1) is 11.6. The fourth-order valence-electron chi connectivity index (χ4n) is 1.56. The third-order valence-electron chi connectivity index (χ3n) is 2.41. The quantitative estimate of drug-likeness (QED) is 0.846. The van der Waals surface area contributed by atoms with Gasteiger partial charge in [-0.2, -0.15) is 0 Å². The molecule has 2 N–H and O–H groups in total. The van der Waals surface area contributed by atoms with E-state index in [1.807, 2.05) is 19.9 Å². The van der Waals surface area contributed by atoms with E-state index in [0.717, 1.165) is 6.54 Å². The monoisotopic (exact) mass is 233 g/mol. The molecule has 1 unspecified atom stereocenters. The molecule has 90 valence electrons. The Labute approximate surface area is 99.5 Å². The van der Waals surface area contributed by atoms with Crippen LogP contribution in [0.25, 0.3) is 11.5 Å². The van der Waals surface area contributed by atoms with Crippen LogP contribution in [0.4, 0.5) is 0 Å². The first-order valence-electron chi connectivity index (χ1n) is 5.57. The molecule has 0 aliphatic rings. The van der Waals surface area contributed by atoms with E-state index in [4.69, 9.17) is 4.42 Å². The van der Waals surface area contributed by atoms with Crippen LogP contribution in [0.1, 0.15) is 25.8 Å². The van der Waals surface area contributed by atoms with Gasteiger partial charge in [-0.15, -0.1) is 10.2 Å². The number of rotatable bonds is 4. The van der Waals surface area contributed by atoms with E-state index in [1.54, 1.807) is 18.2 Å². The van der Waals surface area contributed by atoms with E-state index < -0.39 is 0 Å². The van der Waals surface area contributed by atoms with Crippen LogP contribution in [0, 0.1) is 0 Å². The Morgan fingerprint density at radius 1 is 1.41 bits per heavy atom. The molecule has 1 aromatic heterocycles. The molecule has 5 nitrogen and oxygen atoms in total. The Kier molecular flexibility index (Phi) is 3.39. The number of hydrogen-bond acceptors (Lipinski definition) is 5. The summed E-state index contributed by atoms with van der Waals surface area (Å²) in [5.74, 6) is 1.15. The van der Waals surface area contributed by atoms with E-state index in [0.29, 0.717) is 17.3 Å². The zero-order valence-corrected chi connectivity index (χ0v) is 9.84. The van der Waals surface area contributed by atoms with E-state index in [-0.39, 0.29) is 11.8 Å². The average molecular weight is 233 g/mol. The molecule has 1 heterocycles. The van der Waals surface area contributed by atoms with Crippen LogP contribution in [-0.2, 0) is 0 Å². The largest absolute Gasteiger partial charge is 0.508 e. The molecule has 0 amide bonds. The highest BCUT2D eigenvalue weighted by Gasteiger charge is 2.13. The summed E-state index contributed by atoms with van der Waals surface area (Å²) < 4.78 is 5.54. The zero-order chi connectivity index (χ0) is 12.3. The Balaban J connectivity index is 2.23. The molecule has 5 heteroatoms. The molecular formula is C12H15N3O2. The topological polar surface area (TPSA) is 71.2 Å². The number of aromatic nitrogens is 2. The molecule has 1 aromatic carbocycles. The van der Waals surface area contributed by atoms with Crippen molar-refractivity contribution >= 4 is 0 Å². The van der Waals surface area contributed by atoms with Crippen LogP contribution in [0.15, 0.2) is 28.7 Å². The van der Waals surface area contributed by atoms with E-state index >= 15 is 0 Å². The maximum atomic E-state index is 9.37. The lowest BCUT2D eigenvalue weighted by Gasteiger charge is -2.05. The summed E-state index contributed by atoms with van der Waals surface area (Å²) in [6, 6.07) is 6.77. The Hall–Kier alpha value is -1.88. The number of nitrogens with one attached hydrogen (secondary N) is 1. The second-order valence-corrected chi connectivity index (χ2v) is 3.78. The maximum Gasteiger partial charge on any atom is 0.247 e. The molecule has 2 aromatic rings. The van der Waals surface area contributed by atoms with Crippen LogP contribution in [0.3, 0.4) is 0 Å². The molecular weight excluding hydrogens is 218 g/mol. The van der Waals surface area contributed by atoms with Crippen molar-refractivity contribution in [3.63, 3.8) is 0 Å². The van der Waals surface area contributed by atoms with Gasteiger partial charge in [-0.25, -0.2) is 0 Å². The van der Waals surface area contributed by atoms with E-state index in [9.17, 15) is 5.11 Å². The average Bonchev–Trinajstić information content (AvgIpc) is 2.78. The Bertz CT molecular complexity index is 496. The second-order valence-electron chi connectivity index (χ2n) is 3.78. The standard InChI is InChI=1S/C12H15N3O2/c1-3-13-8(2)11-14-15-12(17-11)9-5-4-6-10(16)7-9/h4-8,13,16H,3H2,1-2H3. The summed E-state index contributed by atoms with van der Waals surface area (Å²) in [6.45, 7) is 4.82. The smallest absolute Gasteiger partial charge is 0.247 e. The number of phenols is 1. The van der Waals surface area contributed by atoms with Crippen molar-refractivity contribution in [3.05, 3.63) is 30.2 Å². The highest BCUT2D eigenvalue weighted by atomic mass is 16.4. The lowest BCUT2D eigenvalue weighted by molar-refractivity contribution is 0.428. The van der Waals surface area contributed by atoms with E-state index in [1.165, 1.54) is 0 Å². The van der Waals surface area contributed by atoms with Crippen LogP contribution in [0.5, 0.6) is 5.75 Å². The first-order chi connectivity index (χ1) is 8.20. The molecule has 0 fully saturated rings. The van der Waals surface area contributed by atoms with Crippen LogP contribution in [-0.4, -0.2) is 21.8 Å². The molecule has 17 heavy (non-hydrogen) atoms. The molecule has 0 spiro atoms. The normalized spacial score (nSPS) is 12.6. The fourth-order valence-corrected chi connectivity index (χ4v) is 1.56. The second kappa shape index (κ2) is 4.97. The zero-order valence-electron chi connectivity index (χ0n) is 9.84. The molecule has 0 aliphatic heterocycles. The van der Waals surface area contributed by atoms with Crippen LogP contribution in [0.2, 0.25) is 0 Å². The van der Waals surface area contributed by atoms with Crippen molar-refractivity contribution in [1.82, 2.24) is 15.5 Å². The van der Waals surface area contributed by atoms with Crippen molar-refractivity contribution in [2.75, 3.05) is 6.54 Å². The van der Waals surface area contributed by atoms with Crippen LogP contribution < -0.4 is 5.32 Å². The summed E-state index contributed by atoms with van der Waals surface area (Å²) in [5, 5.41) is 20.5. The summed E-state index contributed by atoms with van der Waals surface area (Å²) >= 11 is 0. The molecule has 2 rings (SSSR count). The minimum Gasteiger partial charge on any atom is -0.508 e. The van der Waals surface area contributed by atoms with Gasteiger partial charge in [0.05, 0.1) is 6.04 Å². The van der Waals surface area contributed by atoms with Gasteiger partial charge in [-0.05, 0) is 31.7 Å². The molecule has 0 saturated heterocycles. The first-order valence-corrected chi connectivity index (χ1v) is 5.57. The highest BCUT2D eigenvalue weighted by Crippen LogP contribution is 2.23. The third-order valence-corrected chi connectivity index (χ3v) is 2.41. The number of phenolic OH excluding ortho intramolecular Hbond substituents is 1. The van der Waals surface area contributed by atoms with Crippen molar-refractivity contribution < 1.29 is 9.52 Å². The summed E-state index contributed by atoms with van der Waals surface area (Å²) in [6.07, 6.45) is 0. The van der Waals surface area contributed by atoms with Gasteiger partial charge in [0.15, 0.2) is 0 Å². The van der Waals surface area contributed by atoms with Gasteiger partial charge >= 0.3 is 0 Å². The van der Waals surface area contributed by atoms with Gasteiger partial charge in [0.2, 0.25) is 11.8 Å². The number of nitrogens with zero attached hydrogens (tertiary/aromatic N) is 2. The minimum absolute atomic E-state index is 0.0264. The Morgan fingerprint density at radius 2 is 2.24 bits per heavy atom. The lowest BCUT2D eigenvalue weighted by Crippen LogP contribution is -2.17. The summed E-state index contributed by atoms with van der Waals surface area (Å²) in [4.78, 5) is 0. The molecule has 1 atom stereocenters. The van der Waals surface area contributed by atoms with Crippen LogP contribution >= 0.6 is 0 Å². The lowest BCUT2D eigenvalue weighted by atomic mass is 10.2. The minimum atomic E-state index is 0.0264. The highest BCUT2D eigenvalue weighted by molar-refractivity contribution is 5.55. The van der Waals surface area contributed by atoms with Crippen molar-refractivity contribution in [3.8, 4) is 17.2 Å². The van der Waals surface area contributed by atoms with Crippen molar-refractivity contribution in [2.24, 2.45) is 0 Å². The van der Waals surface area contributed by atoms with Crippen molar-refractivity contribution in [1.29, 1.82) is 0 Å². The van der Waals surface area contributed by atoms with Crippen molar-refractivity contribution in [2.45, 2.75) is 19.9 Å². The predicted molar refractivity (Wildman–Crippen MR) is 63.5 cm³/mol. The Morgan fingerprint density at radius 3 is 2.94 bits per heavy atom. The van der Waals surface area contributed by atoms with Gasteiger partial charge < -0.3 is 14.8 Å². The number of aromatic hydroxyl groups is 1. The van der Waals surface area contributed by atoms with Gasteiger partial charge in [0.1, 0.15) is 5.75 Å². The van der Waals surface area contributed by atoms with Gasteiger partial charge in [0, 0.05) is 5.56 Å². The fraction of sp³-hybridized carbons (Fsp3) is 0.333. The van der Waals surface area contributed by atoms with E-state index in [2.05, 4.69) is 15.5 Å². The SMILES string of the molecule is CCNC(C)c1nnc(-c2cccc(O)c2)o1. The molecule has 0 saturated carbocycles. The maximum absolute atomic E-state index is 9.37. The predicted octanol–water partition coefficient (Wildman–Crippen LogP) is 2.11. The van der Waals surface area contributed by atoms with Gasteiger partial charge in [-0.1, -0.05) is 13.0 Å². The molecule has 0 aliphatic carbocycles. The number of benzene rings is 1. The van der Waals surface area contributed by atoms with Gasteiger partial charge in [-0.3, -0.25) is 0 Å². The third kappa shape index (κ3) is 2.62. The molecule has 0 bridgehead atoms.